The molecule has 5 rings (SSSR count). The highest BCUT2D eigenvalue weighted by molar-refractivity contribution is 7.09. The Morgan fingerprint density at radius 1 is 0.721 bits per heavy atom. The molecule has 13 nitrogen and oxygen atoms in total. The lowest BCUT2D eigenvalue weighted by atomic mass is 9.81. The van der Waals surface area contributed by atoms with Crippen molar-refractivity contribution < 1.29 is 38.6 Å². The maximum Gasteiger partial charge on any atom is 0.408 e. The summed E-state index contributed by atoms with van der Waals surface area (Å²) in [4.78, 5) is 81.1. The van der Waals surface area contributed by atoms with Crippen molar-refractivity contribution in [1.82, 2.24) is 21.5 Å². The normalized spacial score (nSPS) is 13.6. The highest BCUT2D eigenvalue weighted by atomic mass is 32.1. The van der Waals surface area contributed by atoms with Gasteiger partial charge in [-0.2, -0.15) is 0 Å². The quantitative estimate of drug-likeness (QED) is 0.0402. The number of rotatable bonds is 21. The SMILES string of the molecule is CC(C)C[C@H](C(=O)C(Cc1cccs1)NC(=O)[C@H](Cc1cccc2ccccc12)NC(=O)OCc1ccccc1)[C@H](O)C(N)C(=O)NNC(=O)CCCC(=O)c1ccccc1. The second kappa shape index (κ2) is 23.0. The lowest BCUT2D eigenvalue weighted by molar-refractivity contribution is -0.137. The van der Waals surface area contributed by atoms with Crippen LogP contribution < -0.4 is 27.2 Å². The van der Waals surface area contributed by atoms with E-state index in [-0.39, 0.29) is 56.8 Å². The molecular formula is C47H53N5O8S. The lowest BCUT2D eigenvalue weighted by Crippen LogP contribution is -2.59. The van der Waals surface area contributed by atoms with Gasteiger partial charge in [-0.15, -0.1) is 11.3 Å². The van der Waals surface area contributed by atoms with Gasteiger partial charge < -0.3 is 26.2 Å². The Labute approximate surface area is 359 Å². The van der Waals surface area contributed by atoms with E-state index in [4.69, 9.17) is 10.5 Å². The summed E-state index contributed by atoms with van der Waals surface area (Å²) < 4.78 is 5.49. The third-order valence-electron chi connectivity index (χ3n) is 10.2. The Kier molecular flexibility index (Phi) is 17.3. The number of aliphatic hydroxyl groups is 1. The molecule has 1 aromatic heterocycles. The molecule has 14 heteroatoms. The predicted octanol–water partition coefficient (Wildman–Crippen LogP) is 5.59. The van der Waals surface area contributed by atoms with Crippen LogP contribution in [-0.2, 0) is 43.4 Å². The van der Waals surface area contributed by atoms with Crippen LogP contribution in [0.15, 0.2) is 121 Å². The van der Waals surface area contributed by atoms with Gasteiger partial charge in [0.05, 0.1) is 12.1 Å². The minimum absolute atomic E-state index is 0.0309. The van der Waals surface area contributed by atoms with Crippen LogP contribution in [0.25, 0.3) is 10.8 Å². The molecule has 0 aliphatic rings. The maximum atomic E-state index is 14.6. The van der Waals surface area contributed by atoms with Crippen LogP contribution in [0.5, 0.6) is 0 Å². The summed E-state index contributed by atoms with van der Waals surface area (Å²) >= 11 is 1.38. The number of nitrogens with one attached hydrogen (secondary N) is 4. The first-order valence-electron chi connectivity index (χ1n) is 20.3. The second-order valence-corrected chi connectivity index (χ2v) is 16.3. The largest absolute Gasteiger partial charge is 0.445 e. The van der Waals surface area contributed by atoms with Gasteiger partial charge in [0.25, 0.3) is 5.91 Å². The number of benzene rings is 4. The first kappa shape index (κ1) is 45.9. The first-order valence-corrected chi connectivity index (χ1v) is 21.2. The van der Waals surface area contributed by atoms with E-state index in [0.29, 0.717) is 5.56 Å². The zero-order valence-electron chi connectivity index (χ0n) is 34.3. The topological polar surface area (TPSA) is 206 Å². The molecule has 0 aliphatic heterocycles. The number of alkyl carbamates (subject to hydrolysis) is 1. The van der Waals surface area contributed by atoms with E-state index >= 15 is 0 Å². The highest BCUT2D eigenvalue weighted by Crippen LogP contribution is 2.24. The van der Waals surface area contributed by atoms with Crippen molar-refractivity contribution in [3.05, 3.63) is 142 Å². The Morgan fingerprint density at radius 3 is 2.11 bits per heavy atom. The van der Waals surface area contributed by atoms with Crippen molar-refractivity contribution in [3.8, 4) is 0 Å². The fourth-order valence-corrected chi connectivity index (χ4v) is 7.73. The molecule has 0 spiro atoms. The number of aliphatic hydroxyl groups excluding tert-OH is 1. The van der Waals surface area contributed by atoms with Crippen LogP contribution in [0.4, 0.5) is 4.79 Å². The van der Waals surface area contributed by atoms with Gasteiger partial charge in [-0.25, -0.2) is 4.79 Å². The molecule has 0 saturated carbocycles. The van der Waals surface area contributed by atoms with E-state index in [1.165, 1.54) is 11.3 Å². The summed E-state index contributed by atoms with van der Waals surface area (Å²) in [6.07, 6.45) is -2.00. The smallest absolute Gasteiger partial charge is 0.408 e. The molecule has 5 aromatic rings. The standard InChI is InChI=1S/C47H53N5O8S/c1-30(2)26-37(44(56)42(48)46(58)52-51-41(54)24-12-23-40(53)33-17-7-4-8-18-33)43(55)38(28-35-21-13-25-61-35)49-45(57)39(50-47(59)60-29-31-14-5-3-6-15-31)27-34-20-11-19-32-16-9-10-22-36(32)34/h3-11,13-22,25,30,37-39,42,44,56H,12,23-24,26-29,48H2,1-2H3,(H,49,57)(H,50,59)(H,51,54)(H,52,58)/t37-,38?,39+,42?,44+/m1/s1. The van der Waals surface area contributed by atoms with E-state index in [1.54, 1.807) is 42.5 Å². The van der Waals surface area contributed by atoms with Gasteiger partial charge in [0.15, 0.2) is 11.6 Å². The zero-order valence-corrected chi connectivity index (χ0v) is 35.1. The average molecular weight is 848 g/mol. The van der Waals surface area contributed by atoms with Gasteiger partial charge in [-0.1, -0.05) is 123 Å². The molecule has 61 heavy (non-hydrogen) atoms. The third kappa shape index (κ3) is 13.9. The fourth-order valence-electron chi connectivity index (χ4n) is 6.98. The number of fused-ring (bicyclic) bond motifs is 1. The van der Waals surface area contributed by atoms with Crippen LogP contribution in [0, 0.1) is 11.8 Å². The minimum Gasteiger partial charge on any atom is -0.445 e. The number of amides is 4. The van der Waals surface area contributed by atoms with E-state index in [2.05, 4.69) is 21.5 Å². The minimum atomic E-state index is -1.71. The van der Waals surface area contributed by atoms with Crippen molar-refractivity contribution in [2.75, 3.05) is 0 Å². The Morgan fingerprint density at radius 2 is 1.41 bits per heavy atom. The summed E-state index contributed by atoms with van der Waals surface area (Å²) in [6.45, 7) is 3.66. The first-order chi connectivity index (χ1) is 29.4. The number of thiophene rings is 1. The van der Waals surface area contributed by atoms with E-state index < -0.39 is 59.7 Å². The van der Waals surface area contributed by atoms with E-state index in [9.17, 15) is 33.9 Å². The van der Waals surface area contributed by atoms with Crippen LogP contribution >= 0.6 is 11.3 Å². The van der Waals surface area contributed by atoms with Crippen molar-refractivity contribution in [2.45, 2.75) is 83.2 Å². The maximum absolute atomic E-state index is 14.6. The number of hydrazine groups is 1. The van der Waals surface area contributed by atoms with Crippen LogP contribution in [0.1, 0.15) is 65.9 Å². The molecule has 5 atom stereocenters. The molecule has 320 valence electrons. The summed E-state index contributed by atoms with van der Waals surface area (Å²) in [5.41, 5.74) is 12.8. The van der Waals surface area contributed by atoms with Crippen LogP contribution in [0.2, 0.25) is 0 Å². The predicted molar refractivity (Wildman–Crippen MR) is 234 cm³/mol. The Hall–Kier alpha value is -6.22. The van der Waals surface area contributed by atoms with Gasteiger partial charge in [-0.3, -0.25) is 34.8 Å². The van der Waals surface area contributed by atoms with Gasteiger partial charge in [0.2, 0.25) is 11.8 Å². The Balaban J connectivity index is 1.30. The van der Waals surface area contributed by atoms with E-state index in [1.807, 2.05) is 92.0 Å². The summed E-state index contributed by atoms with van der Waals surface area (Å²) in [7, 11) is 0. The molecule has 7 N–H and O–H groups in total. The number of ether oxygens (including phenoxy) is 1. The molecule has 0 fully saturated rings. The molecule has 4 amide bonds. The number of carbonyl (C=O) groups is 6. The number of ketones is 2. The molecule has 0 bridgehead atoms. The average Bonchev–Trinajstić information content (AvgIpc) is 3.79. The van der Waals surface area contributed by atoms with Crippen LogP contribution in [-0.4, -0.2) is 64.7 Å². The fraction of sp³-hybridized carbons (Fsp3) is 0.319. The number of hydrogen-bond donors (Lipinski definition) is 6. The molecular weight excluding hydrogens is 795 g/mol. The third-order valence-corrected chi connectivity index (χ3v) is 11.1. The van der Waals surface area contributed by atoms with Crippen molar-refractivity contribution in [2.24, 2.45) is 17.6 Å². The van der Waals surface area contributed by atoms with Crippen molar-refractivity contribution in [1.29, 1.82) is 0 Å². The monoisotopic (exact) mass is 847 g/mol. The van der Waals surface area contributed by atoms with E-state index in [0.717, 1.165) is 26.8 Å². The number of hydrogen-bond acceptors (Lipinski definition) is 10. The molecule has 2 unspecified atom stereocenters. The van der Waals surface area contributed by atoms with Gasteiger partial charge in [-0.05, 0) is 52.1 Å². The molecule has 1 heterocycles. The zero-order chi connectivity index (χ0) is 43.7. The summed E-state index contributed by atoms with van der Waals surface area (Å²) in [5.74, 6) is -4.20. The van der Waals surface area contributed by atoms with Gasteiger partial charge >= 0.3 is 6.09 Å². The second-order valence-electron chi connectivity index (χ2n) is 15.3. The lowest BCUT2D eigenvalue weighted by Gasteiger charge is -2.31. The highest BCUT2D eigenvalue weighted by Gasteiger charge is 2.39. The molecule has 0 aliphatic carbocycles. The van der Waals surface area contributed by atoms with Crippen molar-refractivity contribution >= 4 is 57.5 Å². The molecule has 0 saturated heterocycles. The Bertz CT molecular complexity index is 2230. The van der Waals surface area contributed by atoms with Crippen LogP contribution in [0.3, 0.4) is 0 Å². The number of Topliss-reactive ketones (excluding diaryl/α,β-unsaturated/α-hetero) is 2. The van der Waals surface area contributed by atoms with Gasteiger partial charge in [0, 0.05) is 42.0 Å². The molecule has 4 aromatic carbocycles. The van der Waals surface area contributed by atoms with Gasteiger partial charge in [0.1, 0.15) is 18.7 Å². The number of nitrogens with two attached hydrogens (primary N) is 1. The summed E-state index contributed by atoms with van der Waals surface area (Å²) in [6, 6.07) is 30.7. The molecule has 0 radical (unpaired) electrons. The number of carbonyl (C=O) groups excluding carboxylic acids is 6. The summed E-state index contributed by atoms with van der Waals surface area (Å²) in [5, 5.41) is 20.8. The van der Waals surface area contributed by atoms with Crippen molar-refractivity contribution in [3.63, 3.8) is 0 Å².